The number of amides is 2. The lowest BCUT2D eigenvalue weighted by Gasteiger charge is -2.34. The Morgan fingerprint density at radius 2 is 2.04 bits per heavy atom. The van der Waals surface area contributed by atoms with E-state index in [4.69, 9.17) is 0 Å². The first kappa shape index (κ1) is 15.4. The fourth-order valence-electron chi connectivity index (χ4n) is 3.59. The molecule has 1 aromatic carbocycles. The zero-order chi connectivity index (χ0) is 16.5. The lowest BCUT2D eigenvalue weighted by atomic mass is 10.1. The number of carbonyl (C=O) groups excluding carboxylic acids is 2. The molecule has 0 radical (unpaired) electrons. The molecular weight excluding hydrogens is 320 g/mol. The molecule has 1 aromatic heterocycles. The monoisotopic (exact) mass is 340 g/mol. The van der Waals surface area contributed by atoms with Crippen LogP contribution in [0.5, 0.6) is 0 Å². The van der Waals surface area contributed by atoms with Gasteiger partial charge in [0, 0.05) is 24.4 Å². The van der Waals surface area contributed by atoms with Crippen molar-refractivity contribution in [3.8, 4) is 0 Å². The minimum Gasteiger partial charge on any atom is -0.352 e. The number of hydrogen-bond acceptors (Lipinski definition) is 3. The van der Waals surface area contributed by atoms with Gasteiger partial charge in [-0.1, -0.05) is 36.4 Å². The Hall–Kier alpha value is -2.14. The van der Waals surface area contributed by atoms with E-state index in [-0.39, 0.29) is 11.8 Å². The third-order valence-electron chi connectivity index (χ3n) is 4.93. The quantitative estimate of drug-likeness (QED) is 0.930. The highest BCUT2D eigenvalue weighted by molar-refractivity contribution is 7.10. The minimum absolute atomic E-state index is 0.0625. The van der Waals surface area contributed by atoms with Gasteiger partial charge in [-0.2, -0.15) is 0 Å². The molecule has 1 N–H and O–H groups in total. The van der Waals surface area contributed by atoms with Crippen LogP contribution in [-0.4, -0.2) is 29.8 Å². The molecule has 3 atom stereocenters. The molecule has 1 saturated carbocycles. The Balaban J connectivity index is 1.45. The van der Waals surface area contributed by atoms with E-state index in [1.165, 1.54) is 16.9 Å². The number of nitrogens with zero attached hydrogens (tertiary/aromatic N) is 1. The maximum absolute atomic E-state index is 12.8. The summed E-state index contributed by atoms with van der Waals surface area (Å²) in [6.07, 6.45) is 1.61. The summed E-state index contributed by atoms with van der Waals surface area (Å²) >= 11 is 1.53. The van der Waals surface area contributed by atoms with Gasteiger partial charge < -0.3 is 10.2 Å². The molecule has 0 unspecified atom stereocenters. The molecule has 0 spiro atoms. The average Bonchev–Trinajstić information content (AvgIpc) is 3.15. The predicted octanol–water partition coefficient (Wildman–Crippen LogP) is 2.94. The van der Waals surface area contributed by atoms with Crippen molar-refractivity contribution in [1.29, 1.82) is 0 Å². The summed E-state index contributed by atoms with van der Waals surface area (Å²) < 4.78 is 0. The first-order valence-electron chi connectivity index (χ1n) is 8.39. The van der Waals surface area contributed by atoms with Gasteiger partial charge in [-0.25, -0.2) is 0 Å². The van der Waals surface area contributed by atoms with Crippen LogP contribution in [-0.2, 0) is 9.59 Å². The van der Waals surface area contributed by atoms with Gasteiger partial charge in [0.25, 0.3) is 0 Å². The largest absolute Gasteiger partial charge is 0.352 e. The molecule has 2 aromatic rings. The molecule has 0 bridgehead atoms. The van der Waals surface area contributed by atoms with Crippen LogP contribution in [0.1, 0.15) is 35.2 Å². The highest BCUT2D eigenvalue weighted by Crippen LogP contribution is 2.50. The van der Waals surface area contributed by atoms with Crippen molar-refractivity contribution in [2.24, 2.45) is 5.92 Å². The number of hydrogen-bond donors (Lipinski definition) is 1. The Morgan fingerprint density at radius 1 is 1.21 bits per heavy atom. The molecular formula is C19H20N2O2S. The Kier molecular flexibility index (Phi) is 4.10. The molecule has 2 aliphatic rings. The fraction of sp³-hybridized carbons (Fsp3) is 0.368. The van der Waals surface area contributed by atoms with Gasteiger partial charge in [0.05, 0.1) is 0 Å². The standard InChI is InChI=1S/C19H20N2O2S/c22-17(12-14-11-15(14)13-5-2-1-3-6-13)21-9-8-20-19(23)18(21)16-7-4-10-24-16/h1-7,10,14-15,18H,8-9,11-12H2,(H,20,23)/t14-,15-,18-/m0/s1. The van der Waals surface area contributed by atoms with Gasteiger partial charge in [0.2, 0.25) is 11.8 Å². The second-order valence-corrected chi connectivity index (χ2v) is 7.49. The SMILES string of the molecule is O=C1NCCN(C(=O)C[C@@H]2C[C@H]2c2ccccc2)[C@H]1c1cccs1. The molecule has 1 aliphatic carbocycles. The van der Waals surface area contributed by atoms with E-state index in [0.29, 0.717) is 31.3 Å². The Morgan fingerprint density at radius 3 is 2.79 bits per heavy atom. The predicted molar refractivity (Wildman–Crippen MR) is 93.7 cm³/mol. The summed E-state index contributed by atoms with van der Waals surface area (Å²) in [5.74, 6) is 0.946. The van der Waals surface area contributed by atoms with E-state index in [2.05, 4.69) is 17.4 Å². The van der Waals surface area contributed by atoms with Crippen LogP contribution in [0.3, 0.4) is 0 Å². The van der Waals surface area contributed by atoms with Crippen molar-refractivity contribution in [1.82, 2.24) is 10.2 Å². The van der Waals surface area contributed by atoms with Gasteiger partial charge in [-0.05, 0) is 35.3 Å². The van der Waals surface area contributed by atoms with Crippen LogP contribution in [0.15, 0.2) is 47.8 Å². The maximum atomic E-state index is 12.8. The Bertz CT molecular complexity index is 729. The second kappa shape index (κ2) is 6.40. The number of thiophene rings is 1. The lowest BCUT2D eigenvalue weighted by Crippen LogP contribution is -2.52. The molecule has 5 heteroatoms. The summed E-state index contributed by atoms with van der Waals surface area (Å²) in [6, 6.07) is 13.8. The number of piperazine rings is 1. The van der Waals surface area contributed by atoms with E-state index in [1.807, 2.05) is 35.7 Å². The van der Waals surface area contributed by atoms with Gasteiger partial charge in [0.15, 0.2) is 0 Å². The van der Waals surface area contributed by atoms with Gasteiger partial charge in [0.1, 0.15) is 6.04 Å². The first-order valence-corrected chi connectivity index (χ1v) is 9.27. The molecule has 2 heterocycles. The highest BCUT2D eigenvalue weighted by atomic mass is 32.1. The normalized spacial score (nSPS) is 26.1. The van der Waals surface area contributed by atoms with Crippen LogP contribution in [0.2, 0.25) is 0 Å². The van der Waals surface area contributed by atoms with Crippen LogP contribution < -0.4 is 5.32 Å². The van der Waals surface area contributed by atoms with Crippen LogP contribution in [0, 0.1) is 5.92 Å². The van der Waals surface area contributed by atoms with E-state index in [0.717, 1.165) is 11.3 Å². The number of nitrogens with one attached hydrogen (secondary N) is 1. The molecule has 1 saturated heterocycles. The molecule has 4 nitrogen and oxygen atoms in total. The van der Waals surface area contributed by atoms with Crippen molar-refractivity contribution < 1.29 is 9.59 Å². The summed E-state index contributed by atoms with van der Waals surface area (Å²) in [5, 5.41) is 4.83. The van der Waals surface area contributed by atoms with Crippen molar-refractivity contribution >= 4 is 23.2 Å². The van der Waals surface area contributed by atoms with Gasteiger partial charge >= 0.3 is 0 Å². The fourth-order valence-corrected chi connectivity index (χ4v) is 4.42. The van der Waals surface area contributed by atoms with Crippen molar-refractivity contribution in [3.05, 3.63) is 58.3 Å². The average molecular weight is 340 g/mol. The molecule has 2 fully saturated rings. The third kappa shape index (κ3) is 2.96. The molecule has 1 aliphatic heterocycles. The van der Waals surface area contributed by atoms with E-state index in [9.17, 15) is 9.59 Å². The zero-order valence-electron chi connectivity index (χ0n) is 13.4. The molecule has 124 valence electrons. The van der Waals surface area contributed by atoms with Crippen molar-refractivity contribution in [2.75, 3.05) is 13.1 Å². The van der Waals surface area contributed by atoms with E-state index in [1.54, 1.807) is 4.90 Å². The zero-order valence-corrected chi connectivity index (χ0v) is 14.2. The van der Waals surface area contributed by atoms with Crippen LogP contribution >= 0.6 is 11.3 Å². The third-order valence-corrected chi connectivity index (χ3v) is 5.86. The highest BCUT2D eigenvalue weighted by Gasteiger charge is 2.42. The van der Waals surface area contributed by atoms with Crippen molar-refractivity contribution in [3.63, 3.8) is 0 Å². The molecule has 2 amide bonds. The smallest absolute Gasteiger partial charge is 0.248 e. The number of carbonyl (C=O) groups is 2. The Labute approximate surface area is 145 Å². The summed E-state index contributed by atoms with van der Waals surface area (Å²) in [4.78, 5) is 27.8. The van der Waals surface area contributed by atoms with Crippen LogP contribution in [0.25, 0.3) is 0 Å². The van der Waals surface area contributed by atoms with Crippen LogP contribution in [0.4, 0.5) is 0 Å². The number of rotatable bonds is 4. The minimum atomic E-state index is -0.458. The van der Waals surface area contributed by atoms with Crippen molar-refractivity contribution in [2.45, 2.75) is 24.8 Å². The lowest BCUT2D eigenvalue weighted by molar-refractivity contribution is -0.143. The van der Waals surface area contributed by atoms with E-state index < -0.39 is 6.04 Å². The topological polar surface area (TPSA) is 49.4 Å². The van der Waals surface area contributed by atoms with E-state index >= 15 is 0 Å². The van der Waals surface area contributed by atoms with Gasteiger partial charge in [-0.3, -0.25) is 9.59 Å². The maximum Gasteiger partial charge on any atom is 0.248 e. The second-order valence-electron chi connectivity index (χ2n) is 6.51. The van der Waals surface area contributed by atoms with Gasteiger partial charge in [-0.15, -0.1) is 11.3 Å². The number of benzene rings is 1. The molecule has 24 heavy (non-hydrogen) atoms. The summed E-state index contributed by atoms with van der Waals surface area (Å²) in [7, 11) is 0. The summed E-state index contributed by atoms with van der Waals surface area (Å²) in [6.45, 7) is 1.13. The summed E-state index contributed by atoms with van der Waals surface area (Å²) in [5.41, 5.74) is 1.32. The molecule has 4 rings (SSSR count). The first-order chi connectivity index (χ1) is 11.7.